The largest absolute Gasteiger partial charge is 0.487 e. The number of benzene rings is 1. The zero-order chi connectivity index (χ0) is 21.3. The maximum atomic E-state index is 13.2. The first-order valence-electron chi connectivity index (χ1n) is 10.0. The van der Waals surface area contributed by atoms with Crippen LogP contribution in [0.2, 0.25) is 5.02 Å². The minimum absolute atomic E-state index is 0.120. The Balaban J connectivity index is 3.01. The van der Waals surface area contributed by atoms with Crippen molar-refractivity contribution in [3.63, 3.8) is 0 Å². The van der Waals surface area contributed by atoms with Crippen LogP contribution >= 0.6 is 11.6 Å². The van der Waals surface area contributed by atoms with Crippen LogP contribution in [-0.4, -0.2) is 37.9 Å². The molecule has 1 N–H and O–H groups in total. The molecule has 0 radical (unpaired) electrons. The third-order valence-electron chi connectivity index (χ3n) is 4.23. The van der Waals surface area contributed by atoms with E-state index in [1.165, 1.54) is 0 Å². The third kappa shape index (κ3) is 7.61. The molecule has 0 spiro atoms. The Bertz CT molecular complexity index is 609. The normalized spacial score (nSPS) is 13.1. The van der Waals surface area contributed by atoms with Crippen LogP contribution in [0.15, 0.2) is 18.2 Å². The number of ether oxygens (including phenoxy) is 3. The van der Waals surface area contributed by atoms with Gasteiger partial charge in [0, 0.05) is 19.4 Å². The number of methoxy groups -OCH3 is 1. The average Bonchev–Trinajstić information content (AvgIpc) is 2.56. The molecule has 0 aliphatic carbocycles. The molecule has 1 amide bonds. The zero-order valence-electron chi connectivity index (χ0n) is 18.3. The number of hydrogen-bond donors (Lipinski definition) is 1. The van der Waals surface area contributed by atoms with E-state index in [1.54, 1.807) is 25.3 Å². The fourth-order valence-electron chi connectivity index (χ4n) is 3.45. The van der Waals surface area contributed by atoms with Gasteiger partial charge in [-0.1, -0.05) is 39.3 Å². The van der Waals surface area contributed by atoms with Crippen molar-refractivity contribution in [3.8, 4) is 5.75 Å². The number of amides is 1. The highest BCUT2D eigenvalue weighted by atomic mass is 35.5. The number of carbonyl (C=O) groups excluding carboxylic acids is 1. The van der Waals surface area contributed by atoms with Gasteiger partial charge < -0.3 is 19.5 Å². The van der Waals surface area contributed by atoms with Gasteiger partial charge in [0.2, 0.25) is 0 Å². The molecule has 28 heavy (non-hydrogen) atoms. The van der Waals surface area contributed by atoms with Crippen molar-refractivity contribution >= 4 is 23.2 Å². The molecule has 0 unspecified atom stereocenters. The SMILES string of the molecule is CCOC(CC(C)C)(CC(C)C)C(=O)Nc1ccc(O[C@@H](C)COC)c(Cl)c1. The Labute approximate surface area is 175 Å². The van der Waals surface area contributed by atoms with Crippen LogP contribution in [0.3, 0.4) is 0 Å². The topological polar surface area (TPSA) is 56.8 Å². The lowest BCUT2D eigenvalue weighted by Gasteiger charge is -2.35. The minimum Gasteiger partial charge on any atom is -0.487 e. The van der Waals surface area contributed by atoms with E-state index >= 15 is 0 Å². The Morgan fingerprint density at radius 2 is 1.75 bits per heavy atom. The van der Waals surface area contributed by atoms with E-state index < -0.39 is 5.60 Å². The maximum absolute atomic E-state index is 13.2. The smallest absolute Gasteiger partial charge is 0.256 e. The number of halogens is 1. The molecule has 1 aromatic rings. The van der Waals surface area contributed by atoms with Crippen LogP contribution in [-0.2, 0) is 14.3 Å². The summed E-state index contributed by atoms with van der Waals surface area (Å²) in [6.45, 7) is 13.2. The van der Waals surface area contributed by atoms with Gasteiger partial charge in [0.05, 0.1) is 11.6 Å². The Hall–Kier alpha value is -1.30. The molecule has 0 heterocycles. The fourth-order valence-corrected chi connectivity index (χ4v) is 3.68. The first-order valence-corrected chi connectivity index (χ1v) is 10.4. The van der Waals surface area contributed by atoms with Crippen molar-refractivity contribution in [2.75, 3.05) is 25.6 Å². The molecule has 0 saturated heterocycles. The van der Waals surface area contributed by atoms with Gasteiger partial charge in [-0.2, -0.15) is 0 Å². The van der Waals surface area contributed by atoms with Crippen LogP contribution in [0, 0.1) is 11.8 Å². The molecule has 0 fully saturated rings. The summed E-state index contributed by atoms with van der Waals surface area (Å²) < 4.78 is 16.9. The van der Waals surface area contributed by atoms with E-state index in [1.807, 2.05) is 13.8 Å². The lowest BCUT2D eigenvalue weighted by atomic mass is 9.83. The molecule has 1 rings (SSSR count). The maximum Gasteiger partial charge on any atom is 0.256 e. The molecule has 0 saturated carbocycles. The van der Waals surface area contributed by atoms with Crippen molar-refractivity contribution < 1.29 is 19.0 Å². The van der Waals surface area contributed by atoms with Crippen LogP contribution < -0.4 is 10.1 Å². The highest BCUT2D eigenvalue weighted by Crippen LogP contribution is 2.33. The van der Waals surface area contributed by atoms with Crippen molar-refractivity contribution in [2.24, 2.45) is 11.8 Å². The van der Waals surface area contributed by atoms with Gasteiger partial charge in [0.25, 0.3) is 5.91 Å². The highest BCUT2D eigenvalue weighted by molar-refractivity contribution is 6.32. The molecule has 0 bridgehead atoms. The second-order valence-electron chi connectivity index (χ2n) is 8.11. The van der Waals surface area contributed by atoms with Crippen LogP contribution in [0.1, 0.15) is 54.4 Å². The quantitative estimate of drug-likeness (QED) is 0.487. The summed E-state index contributed by atoms with van der Waals surface area (Å²) in [4.78, 5) is 13.2. The predicted molar refractivity (Wildman–Crippen MR) is 115 cm³/mol. The molecular formula is C22H36ClNO4. The number of anilines is 1. The van der Waals surface area contributed by atoms with E-state index in [0.717, 1.165) is 0 Å². The summed E-state index contributed by atoms with van der Waals surface area (Å²) in [5.74, 6) is 1.09. The van der Waals surface area contributed by atoms with Gasteiger partial charge in [-0.15, -0.1) is 0 Å². The summed E-state index contributed by atoms with van der Waals surface area (Å²) in [5, 5.41) is 3.44. The second-order valence-corrected chi connectivity index (χ2v) is 8.51. The van der Waals surface area contributed by atoms with E-state index in [-0.39, 0.29) is 12.0 Å². The molecule has 6 heteroatoms. The summed E-state index contributed by atoms with van der Waals surface area (Å²) >= 11 is 6.35. The molecule has 1 atom stereocenters. The van der Waals surface area contributed by atoms with Gasteiger partial charge in [-0.3, -0.25) is 4.79 Å². The monoisotopic (exact) mass is 413 g/mol. The molecule has 1 aromatic carbocycles. The third-order valence-corrected chi connectivity index (χ3v) is 4.53. The number of hydrogen-bond acceptors (Lipinski definition) is 4. The van der Waals surface area contributed by atoms with Crippen molar-refractivity contribution in [1.29, 1.82) is 0 Å². The Morgan fingerprint density at radius 1 is 1.14 bits per heavy atom. The van der Waals surface area contributed by atoms with E-state index in [2.05, 4.69) is 33.0 Å². The summed E-state index contributed by atoms with van der Waals surface area (Å²) in [5.41, 5.74) is -0.232. The van der Waals surface area contributed by atoms with Crippen molar-refractivity contribution in [1.82, 2.24) is 0 Å². The van der Waals surface area contributed by atoms with Crippen molar-refractivity contribution in [2.45, 2.75) is 66.1 Å². The molecule has 0 aliphatic rings. The van der Waals surface area contributed by atoms with E-state index in [9.17, 15) is 4.79 Å². The van der Waals surface area contributed by atoms with Gasteiger partial charge in [-0.05, 0) is 56.7 Å². The van der Waals surface area contributed by atoms with Crippen LogP contribution in [0.5, 0.6) is 5.75 Å². The first-order chi connectivity index (χ1) is 13.1. The number of nitrogens with one attached hydrogen (secondary N) is 1. The minimum atomic E-state index is -0.855. The van der Waals surface area contributed by atoms with E-state index in [4.69, 9.17) is 25.8 Å². The zero-order valence-corrected chi connectivity index (χ0v) is 19.1. The summed E-state index contributed by atoms with van der Waals surface area (Å²) in [7, 11) is 1.62. The molecule has 5 nitrogen and oxygen atoms in total. The lowest BCUT2D eigenvalue weighted by molar-refractivity contribution is -0.146. The first kappa shape index (κ1) is 24.7. The average molecular weight is 414 g/mol. The summed E-state index contributed by atoms with van der Waals surface area (Å²) in [6, 6.07) is 5.26. The Morgan fingerprint density at radius 3 is 2.21 bits per heavy atom. The number of carbonyl (C=O) groups is 1. The van der Waals surface area contributed by atoms with Crippen molar-refractivity contribution in [3.05, 3.63) is 23.2 Å². The fraction of sp³-hybridized carbons (Fsp3) is 0.682. The van der Waals surface area contributed by atoms with Gasteiger partial charge >= 0.3 is 0 Å². The molecule has 0 aliphatic heterocycles. The predicted octanol–water partition coefficient (Wildman–Crippen LogP) is 5.56. The van der Waals surface area contributed by atoms with E-state index in [0.29, 0.717) is 54.4 Å². The standard InChI is InChI=1S/C22H36ClNO4/c1-8-27-22(12-15(2)3,13-16(4)5)21(25)24-18-9-10-20(19(23)11-18)28-17(6)14-26-7/h9-11,15-17H,8,12-14H2,1-7H3,(H,24,25)/t17-/m0/s1. The second kappa shape index (κ2) is 11.6. The van der Waals surface area contributed by atoms with Gasteiger partial charge in [0.15, 0.2) is 0 Å². The van der Waals surface area contributed by atoms with Crippen LogP contribution in [0.4, 0.5) is 5.69 Å². The Kier molecular flexibility index (Phi) is 10.3. The molecular weight excluding hydrogens is 378 g/mol. The lowest BCUT2D eigenvalue weighted by Crippen LogP contribution is -2.47. The molecule has 160 valence electrons. The van der Waals surface area contributed by atoms with Gasteiger partial charge in [-0.25, -0.2) is 0 Å². The highest BCUT2D eigenvalue weighted by Gasteiger charge is 2.40. The molecule has 0 aromatic heterocycles. The summed E-state index contributed by atoms with van der Waals surface area (Å²) in [6.07, 6.45) is 1.20. The van der Waals surface area contributed by atoms with Crippen LogP contribution in [0.25, 0.3) is 0 Å². The van der Waals surface area contributed by atoms with Gasteiger partial charge in [0.1, 0.15) is 17.5 Å². The number of rotatable bonds is 12.